The van der Waals surface area contributed by atoms with E-state index < -0.39 is 29.0 Å². The molecule has 5 heteroatoms. The first-order valence-electron chi connectivity index (χ1n) is 11.8. The number of hydrogen-bond donors (Lipinski definition) is 0. The summed E-state index contributed by atoms with van der Waals surface area (Å²) >= 11 is 0. The molecular formula is C28H31F3O2. The number of rotatable bonds is 11. The molecule has 0 amide bonds. The lowest BCUT2D eigenvalue weighted by molar-refractivity contribution is 0.0724. The molecule has 0 heterocycles. The zero-order chi connectivity index (χ0) is 23.6. The quantitative estimate of drug-likeness (QED) is 0.193. The number of halogens is 3. The average Bonchev–Trinajstić information content (AvgIpc) is 2.80. The Morgan fingerprint density at radius 2 is 1.58 bits per heavy atom. The van der Waals surface area contributed by atoms with Crippen molar-refractivity contribution in [2.45, 2.75) is 70.6 Å². The second-order valence-electron chi connectivity index (χ2n) is 8.55. The molecule has 0 aromatic heterocycles. The largest absolute Gasteiger partial charge is 0.423 e. The van der Waals surface area contributed by atoms with E-state index in [4.69, 9.17) is 4.74 Å². The van der Waals surface area contributed by atoms with Crippen molar-refractivity contribution in [1.82, 2.24) is 0 Å². The summed E-state index contributed by atoms with van der Waals surface area (Å²) in [5.41, 5.74) is 0.990. The van der Waals surface area contributed by atoms with Crippen LogP contribution in [0, 0.1) is 17.5 Å². The van der Waals surface area contributed by atoms with Crippen LogP contribution in [0.1, 0.15) is 86.6 Å². The second kappa shape index (κ2) is 12.4. The van der Waals surface area contributed by atoms with Crippen LogP contribution in [0.2, 0.25) is 0 Å². The molecule has 2 aromatic carbocycles. The maximum atomic E-state index is 14.6. The molecule has 2 aromatic rings. The summed E-state index contributed by atoms with van der Waals surface area (Å²) < 4.78 is 47.2. The molecule has 0 radical (unpaired) electrons. The van der Waals surface area contributed by atoms with Gasteiger partial charge in [-0.25, -0.2) is 18.0 Å². The molecule has 1 aliphatic carbocycles. The van der Waals surface area contributed by atoms with E-state index in [1.54, 1.807) is 0 Å². The molecule has 176 valence electrons. The summed E-state index contributed by atoms with van der Waals surface area (Å²) in [4.78, 5) is 12.3. The van der Waals surface area contributed by atoms with Crippen LogP contribution in [0.15, 0.2) is 60.2 Å². The summed E-state index contributed by atoms with van der Waals surface area (Å²) in [5.74, 6) is -3.73. The molecule has 3 rings (SSSR count). The Hall–Kier alpha value is -2.82. The van der Waals surface area contributed by atoms with Gasteiger partial charge in [0.25, 0.3) is 0 Å². The zero-order valence-electron chi connectivity index (χ0n) is 19.1. The van der Waals surface area contributed by atoms with E-state index in [0.717, 1.165) is 25.0 Å². The van der Waals surface area contributed by atoms with Gasteiger partial charge in [0.15, 0.2) is 0 Å². The molecule has 2 nitrogen and oxygen atoms in total. The first-order chi connectivity index (χ1) is 16.0. The number of carbonyl (C=O) groups is 1. The van der Waals surface area contributed by atoms with Crippen molar-refractivity contribution in [2.75, 3.05) is 0 Å². The number of hydrogen-bond acceptors (Lipinski definition) is 2. The van der Waals surface area contributed by atoms with Crippen LogP contribution in [-0.2, 0) is 0 Å². The summed E-state index contributed by atoms with van der Waals surface area (Å²) in [6.07, 6.45) is 16.7. The smallest absolute Gasteiger partial charge is 0.349 e. The van der Waals surface area contributed by atoms with Gasteiger partial charge in [0, 0.05) is 5.92 Å². The number of benzene rings is 2. The van der Waals surface area contributed by atoms with Gasteiger partial charge in [0.2, 0.25) is 0 Å². The van der Waals surface area contributed by atoms with Gasteiger partial charge in [0.1, 0.15) is 28.8 Å². The maximum Gasteiger partial charge on any atom is 0.349 e. The topological polar surface area (TPSA) is 26.3 Å². The van der Waals surface area contributed by atoms with Crippen LogP contribution in [0.25, 0.3) is 0 Å². The van der Waals surface area contributed by atoms with Crippen LogP contribution in [0.5, 0.6) is 5.75 Å². The van der Waals surface area contributed by atoms with E-state index in [-0.39, 0.29) is 11.7 Å². The third kappa shape index (κ3) is 7.34. The molecule has 0 bridgehead atoms. The van der Waals surface area contributed by atoms with E-state index in [2.05, 4.69) is 13.0 Å². The fourth-order valence-electron chi connectivity index (χ4n) is 4.05. The minimum absolute atomic E-state index is 0.0121. The Morgan fingerprint density at radius 3 is 2.18 bits per heavy atom. The van der Waals surface area contributed by atoms with Gasteiger partial charge in [-0.05, 0) is 61.2 Å². The van der Waals surface area contributed by atoms with Crippen molar-refractivity contribution in [1.29, 1.82) is 0 Å². The second-order valence-corrected chi connectivity index (χ2v) is 8.55. The maximum absolute atomic E-state index is 14.6. The first-order valence-corrected chi connectivity index (χ1v) is 11.8. The monoisotopic (exact) mass is 456 g/mol. The normalized spacial score (nSPS) is 15.4. The van der Waals surface area contributed by atoms with Gasteiger partial charge in [-0.1, -0.05) is 69.2 Å². The lowest BCUT2D eigenvalue weighted by atomic mass is 9.88. The van der Waals surface area contributed by atoms with Crippen molar-refractivity contribution >= 4 is 5.97 Å². The zero-order valence-corrected chi connectivity index (χ0v) is 19.1. The highest BCUT2D eigenvalue weighted by Gasteiger charge is 2.23. The molecule has 1 unspecified atom stereocenters. The lowest BCUT2D eigenvalue weighted by Crippen LogP contribution is -2.14. The van der Waals surface area contributed by atoms with Crippen LogP contribution in [0.3, 0.4) is 0 Å². The predicted molar refractivity (Wildman–Crippen MR) is 125 cm³/mol. The average molecular weight is 457 g/mol. The van der Waals surface area contributed by atoms with Crippen LogP contribution in [-0.4, -0.2) is 5.97 Å². The molecule has 1 atom stereocenters. The number of unbranched alkanes of at least 4 members (excludes halogenated alkanes) is 6. The lowest BCUT2D eigenvalue weighted by Gasteiger charge is -2.18. The fourth-order valence-corrected chi connectivity index (χ4v) is 4.05. The summed E-state index contributed by atoms with van der Waals surface area (Å²) in [6.45, 7) is 2.22. The molecular weight excluding hydrogens is 425 g/mol. The summed E-state index contributed by atoms with van der Waals surface area (Å²) in [7, 11) is 0. The van der Waals surface area contributed by atoms with Gasteiger partial charge in [-0.3, -0.25) is 0 Å². The third-order valence-corrected chi connectivity index (χ3v) is 5.97. The molecule has 0 N–H and O–H groups in total. The van der Waals surface area contributed by atoms with Gasteiger partial charge in [0.05, 0.1) is 0 Å². The summed E-state index contributed by atoms with van der Waals surface area (Å²) in [6, 6.07) is 7.02. The van der Waals surface area contributed by atoms with Crippen LogP contribution >= 0.6 is 0 Å². The van der Waals surface area contributed by atoms with E-state index in [9.17, 15) is 18.0 Å². The van der Waals surface area contributed by atoms with Gasteiger partial charge < -0.3 is 4.74 Å². The van der Waals surface area contributed by atoms with E-state index in [0.29, 0.717) is 12.0 Å². The number of esters is 1. The van der Waals surface area contributed by atoms with Crippen molar-refractivity contribution in [3.8, 4) is 5.75 Å². The molecule has 33 heavy (non-hydrogen) atoms. The highest BCUT2D eigenvalue weighted by Crippen LogP contribution is 2.31. The van der Waals surface area contributed by atoms with Crippen LogP contribution < -0.4 is 4.74 Å². The number of carbonyl (C=O) groups excluding carboxylic acids is 1. The van der Waals surface area contributed by atoms with Gasteiger partial charge in [-0.2, -0.15) is 0 Å². The Labute approximate surface area is 194 Å². The summed E-state index contributed by atoms with van der Waals surface area (Å²) in [5, 5.41) is 0. The fraction of sp³-hybridized carbons (Fsp3) is 0.393. The van der Waals surface area contributed by atoms with Crippen LogP contribution in [0.4, 0.5) is 13.2 Å². The van der Waals surface area contributed by atoms with Crippen molar-refractivity contribution < 1.29 is 22.7 Å². The molecule has 0 saturated heterocycles. The number of ether oxygens (including phenoxy) is 1. The standard InChI is InChI=1S/C28H31F3O2/c1-2-3-4-5-6-7-8-9-20-10-12-21(13-11-20)22-18-25(30)27(26(31)19-22)28(32)33-24-16-14-23(29)15-17-24/h10-12,14-19,21H,2-9,13H2,1H3. The van der Waals surface area contributed by atoms with Crippen molar-refractivity contribution in [2.24, 2.45) is 0 Å². The SMILES string of the molecule is CCCCCCCCCC1=CCC(c2cc(F)c(C(=O)Oc3ccc(F)cc3)c(F)c2)C=C1. The highest BCUT2D eigenvalue weighted by molar-refractivity contribution is 5.91. The van der Waals surface area contributed by atoms with E-state index in [1.807, 2.05) is 12.2 Å². The minimum atomic E-state index is -1.15. The molecule has 0 fully saturated rings. The highest BCUT2D eigenvalue weighted by atomic mass is 19.1. The van der Waals surface area contributed by atoms with Gasteiger partial charge in [-0.15, -0.1) is 0 Å². The van der Waals surface area contributed by atoms with Gasteiger partial charge >= 0.3 is 5.97 Å². The van der Waals surface area contributed by atoms with Crippen molar-refractivity contribution in [3.05, 3.63) is 88.8 Å². The third-order valence-electron chi connectivity index (χ3n) is 5.97. The Kier molecular flexibility index (Phi) is 9.35. The predicted octanol–water partition coefficient (Wildman–Crippen LogP) is 8.43. The minimum Gasteiger partial charge on any atom is -0.423 e. The van der Waals surface area contributed by atoms with E-state index in [1.165, 1.54) is 68.4 Å². The van der Waals surface area contributed by atoms with E-state index >= 15 is 0 Å². The molecule has 0 saturated carbocycles. The number of allylic oxidation sites excluding steroid dienone is 4. The molecule has 1 aliphatic rings. The first kappa shape index (κ1) is 24.8. The Morgan fingerprint density at radius 1 is 0.939 bits per heavy atom. The Balaban J connectivity index is 1.54. The van der Waals surface area contributed by atoms with Crippen molar-refractivity contribution in [3.63, 3.8) is 0 Å². The molecule has 0 aliphatic heterocycles. The molecule has 0 spiro atoms. The Bertz CT molecular complexity index is 970.